The maximum Gasteiger partial charge on any atom is 0.0716 e. The number of allylic oxidation sites excluding steroid dienone is 5. The first-order valence-electron chi connectivity index (χ1n) is 13.8. The SMILES string of the molecule is C=C/C=C\C=C(/C)c1cc(-c2ccccc2)cc(-c2cc(-c3cccc(NC)c3)nc(-c3cccc(NC)c3)c2)c1. The molecule has 1 aromatic heterocycles. The topological polar surface area (TPSA) is 37.0 Å². The van der Waals surface area contributed by atoms with Crippen molar-refractivity contribution in [2.45, 2.75) is 6.92 Å². The molecule has 3 heteroatoms. The lowest BCUT2D eigenvalue weighted by molar-refractivity contribution is 1.32. The van der Waals surface area contributed by atoms with Crippen LogP contribution in [0.4, 0.5) is 11.4 Å². The quantitative estimate of drug-likeness (QED) is 0.185. The van der Waals surface area contributed by atoms with Crippen LogP contribution in [0.1, 0.15) is 12.5 Å². The Balaban J connectivity index is 1.74. The first kappa shape index (κ1) is 27.4. The maximum absolute atomic E-state index is 5.15. The molecule has 5 aromatic rings. The van der Waals surface area contributed by atoms with E-state index in [9.17, 15) is 0 Å². The van der Waals surface area contributed by atoms with Crippen LogP contribution in [-0.4, -0.2) is 19.1 Å². The molecular weight excluding hydrogens is 498 g/mol. The molecule has 0 atom stereocenters. The normalized spacial score (nSPS) is 11.4. The number of aromatic nitrogens is 1. The van der Waals surface area contributed by atoms with Gasteiger partial charge in [-0.3, -0.25) is 0 Å². The van der Waals surface area contributed by atoms with E-state index in [1.54, 1.807) is 6.08 Å². The Hall–Kier alpha value is -5.15. The fourth-order valence-corrected chi connectivity index (χ4v) is 4.85. The minimum Gasteiger partial charge on any atom is -0.388 e. The smallest absolute Gasteiger partial charge is 0.0716 e. The zero-order valence-corrected chi connectivity index (χ0v) is 23.9. The van der Waals surface area contributed by atoms with E-state index >= 15 is 0 Å². The van der Waals surface area contributed by atoms with Gasteiger partial charge in [-0.2, -0.15) is 0 Å². The fraction of sp³-hybridized carbons (Fsp3) is 0.0789. The van der Waals surface area contributed by atoms with Gasteiger partial charge in [-0.05, 0) is 94.9 Å². The number of anilines is 2. The summed E-state index contributed by atoms with van der Waals surface area (Å²) in [6.07, 6.45) is 7.90. The molecule has 0 aliphatic heterocycles. The Labute approximate surface area is 243 Å². The number of nitrogens with zero attached hydrogens (tertiary/aromatic N) is 1. The number of hydrogen-bond donors (Lipinski definition) is 2. The maximum atomic E-state index is 5.15. The summed E-state index contributed by atoms with van der Waals surface area (Å²) in [7, 11) is 3.88. The second-order valence-corrected chi connectivity index (χ2v) is 9.92. The minimum absolute atomic E-state index is 0.928. The third kappa shape index (κ3) is 6.54. The number of nitrogens with one attached hydrogen (secondary N) is 2. The Morgan fingerprint density at radius 3 is 1.68 bits per heavy atom. The first-order valence-corrected chi connectivity index (χ1v) is 13.8. The first-order chi connectivity index (χ1) is 20.1. The summed E-state index contributed by atoms with van der Waals surface area (Å²) < 4.78 is 0. The Bertz CT molecular complexity index is 1660. The molecule has 0 spiro atoms. The second-order valence-electron chi connectivity index (χ2n) is 9.92. The van der Waals surface area contributed by atoms with Crippen LogP contribution >= 0.6 is 0 Å². The molecule has 0 unspecified atom stereocenters. The summed E-state index contributed by atoms with van der Waals surface area (Å²) in [6.45, 7) is 5.95. The molecule has 0 aliphatic carbocycles. The summed E-state index contributed by atoms with van der Waals surface area (Å²) >= 11 is 0. The van der Waals surface area contributed by atoms with Gasteiger partial charge in [0, 0.05) is 36.6 Å². The van der Waals surface area contributed by atoms with Gasteiger partial charge < -0.3 is 10.6 Å². The van der Waals surface area contributed by atoms with Crippen molar-refractivity contribution in [2.24, 2.45) is 0 Å². The molecule has 3 nitrogen and oxygen atoms in total. The molecule has 202 valence electrons. The molecule has 0 saturated carbocycles. The second kappa shape index (κ2) is 12.8. The zero-order chi connectivity index (χ0) is 28.6. The van der Waals surface area contributed by atoms with E-state index in [0.29, 0.717) is 0 Å². The third-order valence-electron chi connectivity index (χ3n) is 7.14. The molecule has 0 radical (unpaired) electrons. The third-order valence-corrected chi connectivity index (χ3v) is 7.14. The van der Waals surface area contributed by atoms with Gasteiger partial charge in [0.15, 0.2) is 0 Å². The van der Waals surface area contributed by atoms with Crippen molar-refractivity contribution in [2.75, 3.05) is 24.7 Å². The van der Waals surface area contributed by atoms with Gasteiger partial charge in [0.05, 0.1) is 11.4 Å². The van der Waals surface area contributed by atoms with Crippen molar-refractivity contribution in [1.29, 1.82) is 0 Å². The monoisotopic (exact) mass is 533 g/mol. The average Bonchev–Trinajstić information content (AvgIpc) is 3.04. The molecular formula is C38H35N3. The number of rotatable bonds is 9. The molecule has 0 fully saturated rings. The molecule has 0 amide bonds. The van der Waals surface area contributed by atoms with Crippen molar-refractivity contribution < 1.29 is 0 Å². The Morgan fingerprint density at radius 1 is 0.585 bits per heavy atom. The van der Waals surface area contributed by atoms with E-state index in [1.165, 1.54) is 22.3 Å². The van der Waals surface area contributed by atoms with Crippen molar-refractivity contribution >= 4 is 16.9 Å². The van der Waals surface area contributed by atoms with E-state index in [1.807, 2.05) is 26.2 Å². The predicted molar refractivity (Wildman–Crippen MR) is 178 cm³/mol. The van der Waals surface area contributed by atoms with Crippen LogP contribution < -0.4 is 10.6 Å². The minimum atomic E-state index is 0.928. The molecule has 4 aromatic carbocycles. The summed E-state index contributed by atoms with van der Waals surface area (Å²) in [5, 5.41) is 6.51. The lowest BCUT2D eigenvalue weighted by Crippen LogP contribution is -1.95. The van der Waals surface area contributed by atoms with Crippen molar-refractivity contribution in [1.82, 2.24) is 4.98 Å². The van der Waals surface area contributed by atoms with E-state index < -0.39 is 0 Å². The van der Waals surface area contributed by atoms with Crippen molar-refractivity contribution in [3.63, 3.8) is 0 Å². The summed E-state index contributed by atoms with van der Waals surface area (Å²) in [4.78, 5) is 5.15. The van der Waals surface area contributed by atoms with Gasteiger partial charge in [-0.1, -0.05) is 85.5 Å². The molecule has 41 heavy (non-hydrogen) atoms. The van der Waals surface area contributed by atoms with Gasteiger partial charge in [0.1, 0.15) is 0 Å². The molecule has 1 heterocycles. The van der Waals surface area contributed by atoms with Gasteiger partial charge in [0.25, 0.3) is 0 Å². The molecule has 2 N–H and O–H groups in total. The molecule has 0 saturated heterocycles. The highest BCUT2D eigenvalue weighted by Crippen LogP contribution is 2.35. The van der Waals surface area contributed by atoms with Gasteiger partial charge in [-0.25, -0.2) is 4.98 Å². The van der Waals surface area contributed by atoms with Crippen LogP contribution in [0.15, 0.2) is 140 Å². The number of hydrogen-bond acceptors (Lipinski definition) is 3. The van der Waals surface area contributed by atoms with E-state index in [4.69, 9.17) is 4.98 Å². The highest BCUT2D eigenvalue weighted by Gasteiger charge is 2.13. The van der Waals surface area contributed by atoms with Crippen LogP contribution in [0, 0.1) is 0 Å². The van der Waals surface area contributed by atoms with Gasteiger partial charge in [0.2, 0.25) is 0 Å². The number of pyridine rings is 1. The van der Waals surface area contributed by atoms with Crippen LogP contribution in [0.5, 0.6) is 0 Å². The Morgan fingerprint density at radius 2 is 1.12 bits per heavy atom. The van der Waals surface area contributed by atoms with Gasteiger partial charge in [-0.15, -0.1) is 0 Å². The zero-order valence-electron chi connectivity index (χ0n) is 23.9. The lowest BCUT2D eigenvalue weighted by Gasteiger charge is -2.15. The molecule has 0 bridgehead atoms. The average molecular weight is 534 g/mol. The van der Waals surface area contributed by atoms with Crippen molar-refractivity contribution in [3.05, 3.63) is 146 Å². The van der Waals surface area contributed by atoms with Crippen LogP contribution in [0.3, 0.4) is 0 Å². The largest absolute Gasteiger partial charge is 0.388 e. The van der Waals surface area contributed by atoms with E-state index in [0.717, 1.165) is 45.0 Å². The van der Waals surface area contributed by atoms with E-state index in [-0.39, 0.29) is 0 Å². The molecule has 0 aliphatic rings. The van der Waals surface area contributed by atoms with Crippen molar-refractivity contribution in [3.8, 4) is 44.8 Å². The number of benzene rings is 4. The van der Waals surface area contributed by atoms with Crippen LogP contribution in [0.25, 0.3) is 50.3 Å². The fourth-order valence-electron chi connectivity index (χ4n) is 4.85. The Kier molecular flexibility index (Phi) is 8.56. The summed E-state index contributed by atoms with van der Waals surface area (Å²) in [5.74, 6) is 0. The van der Waals surface area contributed by atoms with Gasteiger partial charge >= 0.3 is 0 Å². The lowest BCUT2D eigenvalue weighted by atomic mass is 9.92. The van der Waals surface area contributed by atoms with E-state index in [2.05, 4.69) is 139 Å². The summed E-state index contributed by atoms with van der Waals surface area (Å²) in [5.41, 5.74) is 13.1. The standard InChI is InChI=1S/C38H35N3/c1-5-6-8-13-27(2)31-20-32(28-14-9-7-10-15-28)22-33(21-31)34-25-37(29-16-11-18-35(23-29)39-3)41-38(26-34)30-17-12-19-36(24-30)40-4/h5-26,39-40H,1H2,2-4H3/b8-6-,27-13+. The highest BCUT2D eigenvalue weighted by molar-refractivity contribution is 5.84. The van der Waals surface area contributed by atoms with Crippen LogP contribution in [0.2, 0.25) is 0 Å². The summed E-state index contributed by atoms with van der Waals surface area (Å²) in [6, 6.07) is 38.6. The molecule has 5 rings (SSSR count). The predicted octanol–water partition coefficient (Wildman–Crippen LogP) is 9.98. The van der Waals surface area contributed by atoms with Crippen LogP contribution in [-0.2, 0) is 0 Å². The highest BCUT2D eigenvalue weighted by atomic mass is 14.8.